The topological polar surface area (TPSA) is 58.6 Å². The van der Waals surface area contributed by atoms with Crippen LogP contribution in [0.25, 0.3) is 0 Å². The highest BCUT2D eigenvalue weighted by atomic mass is 32.1. The lowest BCUT2D eigenvalue weighted by atomic mass is 9.91. The summed E-state index contributed by atoms with van der Waals surface area (Å²) in [5.41, 5.74) is 1.82. The van der Waals surface area contributed by atoms with Crippen LogP contribution in [0.3, 0.4) is 0 Å². The van der Waals surface area contributed by atoms with Crippen molar-refractivity contribution >= 4 is 23.2 Å². The Bertz CT molecular complexity index is 715. The number of nitrogens with zero attached hydrogens (tertiary/aromatic N) is 1. The average molecular weight is 344 g/mol. The lowest BCUT2D eigenvalue weighted by Gasteiger charge is -2.36. The van der Waals surface area contributed by atoms with Crippen LogP contribution in [0.4, 0.5) is 0 Å². The van der Waals surface area contributed by atoms with Gasteiger partial charge in [0.05, 0.1) is 19.6 Å². The van der Waals surface area contributed by atoms with Crippen LogP contribution in [0, 0.1) is 0 Å². The zero-order chi connectivity index (χ0) is 16.9. The number of nitrogens with one attached hydrogen (secondary N) is 1. The fourth-order valence-corrected chi connectivity index (χ4v) is 3.59. The molecular weight excluding hydrogens is 324 g/mol. The molecular formula is C18H20N2O3S. The van der Waals surface area contributed by atoms with Gasteiger partial charge in [-0.05, 0) is 22.6 Å². The molecule has 1 unspecified atom stereocenters. The van der Waals surface area contributed by atoms with Crippen molar-refractivity contribution in [3.8, 4) is 0 Å². The van der Waals surface area contributed by atoms with Crippen LogP contribution >= 0.6 is 11.3 Å². The summed E-state index contributed by atoms with van der Waals surface area (Å²) in [5.74, 6) is -0.193. The largest absolute Gasteiger partial charge is 0.383 e. The summed E-state index contributed by atoms with van der Waals surface area (Å²) in [6.07, 6.45) is 0.328. The summed E-state index contributed by atoms with van der Waals surface area (Å²) in [4.78, 5) is 28.0. The van der Waals surface area contributed by atoms with Crippen molar-refractivity contribution in [1.82, 2.24) is 10.2 Å². The van der Waals surface area contributed by atoms with E-state index in [0.29, 0.717) is 26.1 Å². The normalized spacial score (nSPS) is 16.8. The Morgan fingerprint density at radius 3 is 2.92 bits per heavy atom. The summed E-state index contributed by atoms with van der Waals surface area (Å²) in [6, 6.07) is 11.0. The fraction of sp³-hybridized carbons (Fsp3) is 0.333. The second-order valence-electron chi connectivity index (χ2n) is 5.66. The van der Waals surface area contributed by atoms with Crippen LogP contribution in [-0.2, 0) is 27.3 Å². The summed E-state index contributed by atoms with van der Waals surface area (Å²) in [5, 5.41) is 4.94. The molecule has 0 saturated heterocycles. The summed E-state index contributed by atoms with van der Waals surface area (Å²) < 4.78 is 5.10. The average Bonchev–Trinajstić information content (AvgIpc) is 3.11. The number of ether oxygens (including phenoxy) is 1. The standard InChI is InChI=1S/C18H20N2O3S/c1-23-9-8-20-16(21)11-13-5-2-3-7-15(13)17(20)18(22)19-12-14-6-4-10-24-14/h2-7,10,17H,8-9,11-12H2,1H3,(H,19,22). The third kappa shape index (κ3) is 3.49. The van der Waals surface area contributed by atoms with Crippen molar-refractivity contribution in [2.45, 2.75) is 19.0 Å². The molecule has 5 nitrogen and oxygen atoms in total. The van der Waals surface area contributed by atoms with Gasteiger partial charge in [-0.2, -0.15) is 0 Å². The molecule has 0 bridgehead atoms. The molecule has 1 aromatic carbocycles. The van der Waals surface area contributed by atoms with Gasteiger partial charge in [-0.25, -0.2) is 0 Å². The van der Waals surface area contributed by atoms with Crippen molar-refractivity contribution in [2.75, 3.05) is 20.3 Å². The zero-order valence-corrected chi connectivity index (χ0v) is 14.3. The smallest absolute Gasteiger partial charge is 0.247 e. The number of benzene rings is 1. The molecule has 0 fully saturated rings. The van der Waals surface area contributed by atoms with Gasteiger partial charge in [-0.1, -0.05) is 30.3 Å². The van der Waals surface area contributed by atoms with Crippen LogP contribution in [0.2, 0.25) is 0 Å². The van der Waals surface area contributed by atoms with E-state index in [2.05, 4.69) is 5.32 Å². The Balaban J connectivity index is 1.84. The monoisotopic (exact) mass is 344 g/mol. The second-order valence-corrected chi connectivity index (χ2v) is 6.69. The number of fused-ring (bicyclic) bond motifs is 1. The van der Waals surface area contributed by atoms with Gasteiger partial charge in [-0.15, -0.1) is 11.3 Å². The van der Waals surface area contributed by atoms with Crippen molar-refractivity contribution in [1.29, 1.82) is 0 Å². The van der Waals surface area contributed by atoms with E-state index in [1.165, 1.54) is 0 Å². The molecule has 1 aliphatic heterocycles. The quantitative estimate of drug-likeness (QED) is 0.873. The lowest BCUT2D eigenvalue weighted by Crippen LogP contribution is -2.48. The molecule has 3 rings (SSSR count). The number of carbonyl (C=O) groups is 2. The Morgan fingerprint density at radius 1 is 1.33 bits per heavy atom. The summed E-state index contributed by atoms with van der Waals surface area (Å²) in [6.45, 7) is 1.28. The van der Waals surface area contributed by atoms with Gasteiger partial charge in [0.15, 0.2) is 0 Å². The van der Waals surface area contributed by atoms with Gasteiger partial charge < -0.3 is 15.0 Å². The highest BCUT2D eigenvalue weighted by Crippen LogP contribution is 2.30. The first kappa shape index (κ1) is 16.7. The van der Waals surface area contributed by atoms with Crippen LogP contribution in [0.1, 0.15) is 22.0 Å². The van der Waals surface area contributed by atoms with E-state index >= 15 is 0 Å². The molecule has 6 heteroatoms. The van der Waals surface area contributed by atoms with Crippen molar-refractivity contribution < 1.29 is 14.3 Å². The predicted molar refractivity (Wildman–Crippen MR) is 92.6 cm³/mol. The number of hydrogen-bond acceptors (Lipinski definition) is 4. The van der Waals surface area contributed by atoms with E-state index in [9.17, 15) is 9.59 Å². The number of rotatable bonds is 6. The van der Waals surface area contributed by atoms with Crippen LogP contribution in [-0.4, -0.2) is 37.0 Å². The number of methoxy groups -OCH3 is 1. The molecule has 2 amide bonds. The molecule has 0 saturated carbocycles. The van der Waals surface area contributed by atoms with Gasteiger partial charge in [0.2, 0.25) is 11.8 Å². The van der Waals surface area contributed by atoms with E-state index in [4.69, 9.17) is 4.74 Å². The maximum absolute atomic E-state index is 12.8. The molecule has 0 radical (unpaired) electrons. The summed E-state index contributed by atoms with van der Waals surface area (Å²) >= 11 is 1.60. The Kier molecular flexibility index (Phi) is 5.27. The zero-order valence-electron chi connectivity index (χ0n) is 13.5. The maximum Gasteiger partial charge on any atom is 0.247 e. The van der Waals surface area contributed by atoms with Crippen LogP contribution < -0.4 is 5.32 Å². The lowest BCUT2D eigenvalue weighted by molar-refractivity contribution is -0.142. The third-order valence-corrected chi connectivity index (χ3v) is 5.00. The minimum Gasteiger partial charge on any atom is -0.383 e. The fourth-order valence-electron chi connectivity index (χ4n) is 2.95. The van der Waals surface area contributed by atoms with Crippen LogP contribution in [0.15, 0.2) is 41.8 Å². The van der Waals surface area contributed by atoms with Gasteiger partial charge in [0.1, 0.15) is 6.04 Å². The van der Waals surface area contributed by atoms with E-state index < -0.39 is 6.04 Å². The van der Waals surface area contributed by atoms with Gasteiger partial charge >= 0.3 is 0 Å². The number of carbonyl (C=O) groups excluding carboxylic acids is 2. The molecule has 0 aliphatic carbocycles. The third-order valence-electron chi connectivity index (χ3n) is 4.12. The van der Waals surface area contributed by atoms with E-state index in [0.717, 1.165) is 16.0 Å². The highest BCUT2D eigenvalue weighted by Gasteiger charge is 2.36. The number of thiophene rings is 1. The van der Waals surface area contributed by atoms with Crippen LogP contribution in [0.5, 0.6) is 0 Å². The van der Waals surface area contributed by atoms with Crippen molar-refractivity contribution in [2.24, 2.45) is 0 Å². The second kappa shape index (κ2) is 7.59. The molecule has 24 heavy (non-hydrogen) atoms. The molecule has 2 heterocycles. The minimum atomic E-state index is -0.599. The molecule has 1 N–H and O–H groups in total. The Hall–Kier alpha value is -2.18. The van der Waals surface area contributed by atoms with E-state index in [-0.39, 0.29) is 11.8 Å². The first-order chi connectivity index (χ1) is 11.7. The SMILES string of the molecule is COCCN1C(=O)Cc2ccccc2C1C(=O)NCc1cccs1. The van der Waals surface area contributed by atoms with E-state index in [1.54, 1.807) is 23.3 Å². The number of hydrogen-bond donors (Lipinski definition) is 1. The minimum absolute atomic E-state index is 0.0398. The van der Waals surface area contributed by atoms with Crippen molar-refractivity contribution in [3.63, 3.8) is 0 Å². The molecule has 0 spiro atoms. The Morgan fingerprint density at radius 2 is 2.17 bits per heavy atom. The molecule has 1 aliphatic rings. The summed E-state index contributed by atoms with van der Waals surface area (Å²) in [7, 11) is 1.59. The molecule has 2 aromatic rings. The predicted octanol–water partition coefficient (Wildman–Crippen LogP) is 2.14. The highest BCUT2D eigenvalue weighted by molar-refractivity contribution is 7.09. The Labute approximate surface area is 145 Å². The first-order valence-corrected chi connectivity index (χ1v) is 8.75. The maximum atomic E-state index is 12.8. The van der Waals surface area contributed by atoms with Crippen molar-refractivity contribution in [3.05, 3.63) is 57.8 Å². The van der Waals surface area contributed by atoms with Gasteiger partial charge in [-0.3, -0.25) is 9.59 Å². The molecule has 126 valence electrons. The molecule has 1 aromatic heterocycles. The number of amides is 2. The molecule has 1 atom stereocenters. The van der Waals surface area contributed by atoms with Gasteiger partial charge in [0, 0.05) is 18.5 Å². The first-order valence-electron chi connectivity index (χ1n) is 7.87. The van der Waals surface area contributed by atoms with Gasteiger partial charge in [0.25, 0.3) is 0 Å². The van der Waals surface area contributed by atoms with E-state index in [1.807, 2.05) is 41.8 Å².